The number of hydrogen-bond acceptors (Lipinski definition) is 7. The lowest BCUT2D eigenvalue weighted by molar-refractivity contribution is -0.144. The Hall–Kier alpha value is -0.860. The minimum absolute atomic E-state index is 0.0246. The molecule has 0 aliphatic rings. The van der Waals surface area contributed by atoms with Gasteiger partial charge in [-0.3, -0.25) is 4.79 Å². The molecule has 4 atom stereocenters. The zero-order valence-electron chi connectivity index (χ0n) is 8.91. The van der Waals surface area contributed by atoms with Gasteiger partial charge in [-0.05, 0) is 0 Å². The molecular weight excluding hydrogens is 218 g/mol. The molecule has 0 unspecified atom stereocenters. The summed E-state index contributed by atoms with van der Waals surface area (Å²) in [7, 11) is 0. The minimum Gasteiger partial charge on any atom is -0.394 e. The summed E-state index contributed by atoms with van der Waals surface area (Å²) >= 11 is 0. The lowest BCUT2D eigenvalue weighted by atomic mass is 9.84. The zero-order chi connectivity index (χ0) is 12.9. The summed E-state index contributed by atoms with van der Waals surface area (Å²) in [6.07, 6.45) is -5.61. The van der Waals surface area contributed by atoms with Crippen LogP contribution in [0.15, 0.2) is 0 Å². The van der Waals surface area contributed by atoms with E-state index in [2.05, 4.69) is 0 Å². The number of rotatable bonds is 7. The van der Waals surface area contributed by atoms with Crippen molar-refractivity contribution in [2.24, 2.45) is 5.73 Å². The maximum Gasteiger partial charge on any atom is 0.162 e. The van der Waals surface area contributed by atoms with Crippen LogP contribution in [0.3, 0.4) is 0 Å². The van der Waals surface area contributed by atoms with Crippen LogP contribution in [0.4, 0.5) is 0 Å². The van der Waals surface area contributed by atoms with Crippen LogP contribution in [-0.4, -0.2) is 63.0 Å². The van der Waals surface area contributed by atoms with Crippen LogP contribution in [0.2, 0.25) is 0 Å². The number of carbonyl (C=O) groups excluding carboxylic acids is 2. The summed E-state index contributed by atoms with van der Waals surface area (Å²) in [5, 5.41) is 36.5. The second-order valence-corrected chi connectivity index (χ2v) is 3.51. The fourth-order valence-corrected chi connectivity index (χ4v) is 1.21. The molecule has 6 N–H and O–H groups in total. The topological polar surface area (TPSA) is 141 Å². The van der Waals surface area contributed by atoms with Crippen LogP contribution < -0.4 is 5.73 Å². The summed E-state index contributed by atoms with van der Waals surface area (Å²) in [6, 6.07) is 0. The highest BCUT2D eigenvalue weighted by Crippen LogP contribution is 2.14. The number of aliphatic hydroxyl groups is 4. The Morgan fingerprint density at radius 1 is 1.44 bits per heavy atom. The molecule has 0 saturated carbocycles. The molecule has 0 aromatic heterocycles. The van der Waals surface area contributed by atoms with Crippen molar-refractivity contribution in [1.82, 2.24) is 0 Å². The van der Waals surface area contributed by atoms with Gasteiger partial charge in [-0.25, -0.2) is 0 Å². The fraction of sp³-hybridized carbons (Fsp3) is 0.778. The van der Waals surface area contributed by atoms with Crippen molar-refractivity contribution in [3.63, 3.8) is 0 Å². The maximum atomic E-state index is 11.4. The first-order chi connectivity index (χ1) is 7.34. The van der Waals surface area contributed by atoms with E-state index in [1.165, 1.54) is 6.92 Å². The van der Waals surface area contributed by atoms with Crippen molar-refractivity contribution < 1.29 is 30.0 Å². The van der Waals surface area contributed by atoms with E-state index in [1.807, 2.05) is 0 Å². The summed E-state index contributed by atoms with van der Waals surface area (Å²) in [5.41, 5.74) is 3.09. The number of nitrogens with two attached hydrogens (primary N) is 1. The highest BCUT2D eigenvalue weighted by molar-refractivity contribution is 6.03. The third-order valence-electron chi connectivity index (χ3n) is 2.39. The van der Waals surface area contributed by atoms with Crippen molar-refractivity contribution >= 4 is 12.1 Å². The lowest BCUT2D eigenvalue weighted by Gasteiger charge is -2.32. The summed E-state index contributed by atoms with van der Waals surface area (Å²) in [6.45, 7) is 0.614. The molecule has 0 amide bonds. The van der Waals surface area contributed by atoms with Gasteiger partial charge in [-0.1, -0.05) is 6.92 Å². The Balaban J connectivity index is 4.96. The van der Waals surface area contributed by atoms with Gasteiger partial charge in [0.2, 0.25) is 0 Å². The monoisotopic (exact) mass is 235 g/mol. The molecule has 16 heavy (non-hydrogen) atoms. The van der Waals surface area contributed by atoms with Gasteiger partial charge in [-0.2, -0.15) is 0 Å². The molecule has 0 radical (unpaired) electrons. The first-order valence-electron chi connectivity index (χ1n) is 4.78. The second kappa shape index (κ2) is 6.02. The maximum absolute atomic E-state index is 11.4. The Kier molecular flexibility index (Phi) is 5.70. The largest absolute Gasteiger partial charge is 0.394 e. The van der Waals surface area contributed by atoms with E-state index in [1.54, 1.807) is 0 Å². The van der Waals surface area contributed by atoms with Crippen LogP contribution in [0, 0.1) is 0 Å². The highest BCUT2D eigenvalue weighted by Gasteiger charge is 2.45. The predicted octanol–water partition coefficient (Wildman–Crippen LogP) is -3.06. The molecule has 0 aliphatic carbocycles. The summed E-state index contributed by atoms with van der Waals surface area (Å²) in [4.78, 5) is 22.1. The SMILES string of the molecule is CCC(=O)[C@](N)(C=O)[C@@H](O)[C@@H](O)[C@H](O)CO. The average molecular weight is 235 g/mol. The van der Waals surface area contributed by atoms with Gasteiger partial charge in [0.25, 0.3) is 0 Å². The molecule has 0 aromatic rings. The number of carbonyl (C=O) groups is 2. The molecule has 0 aliphatic heterocycles. The molecule has 0 heterocycles. The Morgan fingerprint density at radius 3 is 2.25 bits per heavy atom. The normalized spacial score (nSPS) is 20.6. The fourth-order valence-electron chi connectivity index (χ4n) is 1.21. The van der Waals surface area contributed by atoms with Crippen LogP contribution in [-0.2, 0) is 9.59 Å². The van der Waals surface area contributed by atoms with Gasteiger partial charge in [-0.15, -0.1) is 0 Å². The summed E-state index contributed by atoms with van der Waals surface area (Å²) in [5.74, 6) is -0.765. The van der Waals surface area contributed by atoms with E-state index in [9.17, 15) is 19.8 Å². The number of Topliss-reactive ketones (excluding diaryl/α,β-unsaturated/α-hetero) is 1. The first-order valence-corrected chi connectivity index (χ1v) is 4.78. The molecular formula is C9H17NO6. The van der Waals surface area contributed by atoms with Gasteiger partial charge >= 0.3 is 0 Å². The van der Waals surface area contributed by atoms with Crippen LogP contribution >= 0.6 is 0 Å². The van der Waals surface area contributed by atoms with E-state index >= 15 is 0 Å². The average Bonchev–Trinajstić information content (AvgIpc) is 2.33. The number of aliphatic hydroxyl groups excluding tert-OH is 4. The van der Waals surface area contributed by atoms with Gasteiger partial charge in [0.15, 0.2) is 11.3 Å². The third kappa shape index (κ3) is 2.83. The van der Waals surface area contributed by atoms with Crippen LogP contribution in [0.1, 0.15) is 13.3 Å². The Bertz CT molecular complexity index is 258. The molecule has 7 heteroatoms. The van der Waals surface area contributed by atoms with Crippen LogP contribution in [0.25, 0.3) is 0 Å². The standard InChI is InChI=1S/C9H17NO6/c1-2-6(14)9(10,4-12)8(16)7(15)5(13)3-11/h4-5,7-8,11,13,15-16H,2-3,10H2,1H3/t5-,7+,8+,9-/m1/s1. The smallest absolute Gasteiger partial charge is 0.162 e. The van der Waals surface area contributed by atoms with Crippen molar-refractivity contribution in [1.29, 1.82) is 0 Å². The van der Waals surface area contributed by atoms with Crippen molar-refractivity contribution in [2.75, 3.05) is 6.61 Å². The Morgan fingerprint density at radius 2 is 1.94 bits per heavy atom. The quantitative estimate of drug-likeness (QED) is 0.233. The number of ketones is 1. The zero-order valence-corrected chi connectivity index (χ0v) is 8.91. The van der Waals surface area contributed by atoms with E-state index in [-0.39, 0.29) is 12.7 Å². The molecule has 0 spiro atoms. The predicted molar refractivity (Wildman–Crippen MR) is 53.4 cm³/mol. The first kappa shape index (κ1) is 15.1. The van der Waals surface area contributed by atoms with Crippen LogP contribution in [0.5, 0.6) is 0 Å². The molecule has 0 fully saturated rings. The van der Waals surface area contributed by atoms with Crippen molar-refractivity contribution in [2.45, 2.75) is 37.2 Å². The molecule has 7 nitrogen and oxygen atoms in total. The molecule has 0 saturated heterocycles. The summed E-state index contributed by atoms with van der Waals surface area (Å²) < 4.78 is 0. The number of aldehydes is 1. The molecule has 0 rings (SSSR count). The number of hydrogen-bond donors (Lipinski definition) is 5. The molecule has 0 bridgehead atoms. The second-order valence-electron chi connectivity index (χ2n) is 3.51. The van der Waals surface area contributed by atoms with Gasteiger partial charge < -0.3 is 31.0 Å². The third-order valence-corrected chi connectivity index (χ3v) is 2.39. The minimum atomic E-state index is -2.27. The van der Waals surface area contributed by atoms with Gasteiger partial charge in [0, 0.05) is 6.42 Å². The van der Waals surface area contributed by atoms with E-state index < -0.39 is 36.2 Å². The van der Waals surface area contributed by atoms with Gasteiger partial charge in [0.1, 0.15) is 24.6 Å². The van der Waals surface area contributed by atoms with Crippen molar-refractivity contribution in [3.8, 4) is 0 Å². The van der Waals surface area contributed by atoms with E-state index in [0.717, 1.165) is 0 Å². The van der Waals surface area contributed by atoms with Gasteiger partial charge in [0.05, 0.1) is 6.61 Å². The molecule has 94 valence electrons. The lowest BCUT2D eigenvalue weighted by Crippen LogP contribution is -2.64. The highest BCUT2D eigenvalue weighted by atomic mass is 16.4. The van der Waals surface area contributed by atoms with Crippen molar-refractivity contribution in [3.05, 3.63) is 0 Å². The molecule has 0 aromatic carbocycles. The van der Waals surface area contributed by atoms with E-state index in [4.69, 9.17) is 15.9 Å². The van der Waals surface area contributed by atoms with E-state index in [0.29, 0.717) is 0 Å². The Labute approximate surface area is 92.5 Å².